The molecule has 4 atom stereocenters. The number of nitrogens with two attached hydrogens (primary N) is 1. The second-order valence-corrected chi connectivity index (χ2v) is 7.10. The lowest BCUT2D eigenvalue weighted by Crippen LogP contribution is -2.40. The SMILES string of the molecule is CC(Oc1ccc(F)cc1Br)C(=O)N1CC2CCC(N)C2C1.Cl. The summed E-state index contributed by atoms with van der Waals surface area (Å²) in [5, 5.41) is 0. The van der Waals surface area contributed by atoms with Crippen LogP contribution in [0.25, 0.3) is 0 Å². The van der Waals surface area contributed by atoms with Crippen LogP contribution >= 0.6 is 28.3 Å². The summed E-state index contributed by atoms with van der Waals surface area (Å²) >= 11 is 3.25. The third kappa shape index (κ3) is 3.80. The molecule has 0 radical (unpaired) electrons. The fourth-order valence-corrected chi connectivity index (χ4v) is 4.00. The monoisotopic (exact) mass is 406 g/mol. The van der Waals surface area contributed by atoms with E-state index in [-0.39, 0.29) is 30.2 Å². The van der Waals surface area contributed by atoms with Crippen LogP contribution in [0.15, 0.2) is 22.7 Å². The summed E-state index contributed by atoms with van der Waals surface area (Å²) in [6.07, 6.45) is 1.57. The number of ether oxygens (including phenoxy) is 1. The zero-order valence-corrected chi connectivity index (χ0v) is 15.3. The van der Waals surface area contributed by atoms with Gasteiger partial charge in [-0.3, -0.25) is 4.79 Å². The molecule has 0 bridgehead atoms. The maximum absolute atomic E-state index is 13.1. The predicted molar refractivity (Wildman–Crippen MR) is 92.2 cm³/mol. The van der Waals surface area contributed by atoms with Crippen molar-refractivity contribution in [3.05, 3.63) is 28.5 Å². The van der Waals surface area contributed by atoms with E-state index < -0.39 is 6.10 Å². The molecule has 7 heteroatoms. The van der Waals surface area contributed by atoms with Crippen molar-refractivity contribution >= 4 is 34.2 Å². The number of carbonyl (C=O) groups is 1. The summed E-state index contributed by atoms with van der Waals surface area (Å²) in [5.74, 6) is 1.05. The second-order valence-electron chi connectivity index (χ2n) is 6.24. The molecule has 1 saturated heterocycles. The number of likely N-dealkylation sites (tertiary alicyclic amines) is 1. The third-order valence-electron chi connectivity index (χ3n) is 4.77. The van der Waals surface area contributed by atoms with Crippen LogP contribution in [0.1, 0.15) is 19.8 Å². The molecule has 1 amide bonds. The molecule has 2 aliphatic rings. The quantitative estimate of drug-likeness (QED) is 0.838. The minimum Gasteiger partial charge on any atom is -0.480 e. The molecular formula is C16H21BrClFN2O2. The summed E-state index contributed by atoms with van der Waals surface area (Å²) in [7, 11) is 0. The summed E-state index contributed by atoms with van der Waals surface area (Å²) < 4.78 is 19.3. The van der Waals surface area contributed by atoms with E-state index in [1.807, 2.05) is 4.90 Å². The van der Waals surface area contributed by atoms with E-state index in [1.165, 1.54) is 18.2 Å². The number of hydrogen-bond donors (Lipinski definition) is 1. The topological polar surface area (TPSA) is 55.6 Å². The smallest absolute Gasteiger partial charge is 0.263 e. The van der Waals surface area contributed by atoms with Crippen LogP contribution in [-0.2, 0) is 4.79 Å². The van der Waals surface area contributed by atoms with E-state index in [4.69, 9.17) is 10.5 Å². The van der Waals surface area contributed by atoms with Gasteiger partial charge in [-0.05, 0) is 65.7 Å². The molecule has 23 heavy (non-hydrogen) atoms. The standard InChI is InChI=1S/C16H20BrFN2O2.ClH/c1-9(22-15-5-3-11(18)6-13(15)17)16(21)20-7-10-2-4-14(19)12(10)8-20;/h3,5-6,9-10,12,14H,2,4,7-8,19H2,1H3;1H. The molecule has 4 unspecified atom stereocenters. The summed E-state index contributed by atoms with van der Waals surface area (Å²) in [5.41, 5.74) is 6.11. The average Bonchev–Trinajstić information content (AvgIpc) is 3.03. The van der Waals surface area contributed by atoms with E-state index in [0.717, 1.165) is 25.9 Å². The Morgan fingerprint density at radius 1 is 1.43 bits per heavy atom. The summed E-state index contributed by atoms with van der Waals surface area (Å²) in [6, 6.07) is 4.38. The van der Waals surface area contributed by atoms with Gasteiger partial charge in [-0.15, -0.1) is 12.4 Å². The number of rotatable bonds is 3. The lowest BCUT2D eigenvalue weighted by atomic mass is 9.98. The molecule has 1 saturated carbocycles. The zero-order chi connectivity index (χ0) is 15.9. The third-order valence-corrected chi connectivity index (χ3v) is 5.39. The van der Waals surface area contributed by atoms with E-state index in [1.54, 1.807) is 6.92 Å². The van der Waals surface area contributed by atoms with Crippen molar-refractivity contribution in [3.8, 4) is 5.75 Å². The van der Waals surface area contributed by atoms with E-state index >= 15 is 0 Å². The first-order valence-electron chi connectivity index (χ1n) is 7.62. The van der Waals surface area contributed by atoms with Gasteiger partial charge in [0.2, 0.25) is 0 Å². The lowest BCUT2D eigenvalue weighted by Gasteiger charge is -2.23. The van der Waals surface area contributed by atoms with Crippen LogP contribution in [0.3, 0.4) is 0 Å². The minimum atomic E-state index is -0.600. The maximum Gasteiger partial charge on any atom is 0.263 e. The Labute approximate surface area is 150 Å². The van der Waals surface area contributed by atoms with Crippen molar-refractivity contribution in [1.82, 2.24) is 4.90 Å². The molecule has 1 aromatic rings. The van der Waals surface area contributed by atoms with Gasteiger partial charge in [-0.2, -0.15) is 0 Å². The molecule has 0 aromatic heterocycles. The van der Waals surface area contributed by atoms with Crippen LogP contribution in [0, 0.1) is 17.7 Å². The fourth-order valence-electron chi connectivity index (χ4n) is 3.56. The highest BCUT2D eigenvalue weighted by atomic mass is 79.9. The first-order chi connectivity index (χ1) is 10.5. The van der Waals surface area contributed by atoms with Crippen LogP contribution in [0.2, 0.25) is 0 Å². The van der Waals surface area contributed by atoms with Gasteiger partial charge in [-0.25, -0.2) is 4.39 Å². The Morgan fingerprint density at radius 2 is 2.17 bits per heavy atom. The highest BCUT2D eigenvalue weighted by Gasteiger charge is 2.43. The van der Waals surface area contributed by atoms with Gasteiger partial charge in [0.05, 0.1) is 4.47 Å². The van der Waals surface area contributed by atoms with Crippen molar-refractivity contribution < 1.29 is 13.9 Å². The maximum atomic E-state index is 13.1. The molecule has 2 fully saturated rings. The summed E-state index contributed by atoms with van der Waals surface area (Å²) in [4.78, 5) is 14.4. The number of nitrogens with zero attached hydrogens (tertiary/aromatic N) is 1. The number of benzene rings is 1. The van der Waals surface area contributed by atoms with Gasteiger partial charge < -0.3 is 15.4 Å². The molecule has 1 aromatic carbocycles. The molecule has 4 nitrogen and oxygen atoms in total. The van der Waals surface area contributed by atoms with Crippen molar-refractivity contribution in [2.24, 2.45) is 17.6 Å². The number of halogens is 3. The first-order valence-corrected chi connectivity index (χ1v) is 8.41. The van der Waals surface area contributed by atoms with Crippen molar-refractivity contribution in [2.75, 3.05) is 13.1 Å². The molecule has 0 spiro atoms. The van der Waals surface area contributed by atoms with Gasteiger partial charge in [0.1, 0.15) is 11.6 Å². The lowest BCUT2D eigenvalue weighted by molar-refractivity contribution is -0.137. The predicted octanol–water partition coefficient (Wildman–Crippen LogP) is 2.97. The van der Waals surface area contributed by atoms with E-state index in [0.29, 0.717) is 22.1 Å². The van der Waals surface area contributed by atoms with E-state index in [9.17, 15) is 9.18 Å². The van der Waals surface area contributed by atoms with Gasteiger partial charge in [-0.1, -0.05) is 0 Å². The molecule has 3 rings (SSSR count). The Bertz CT molecular complexity index is 589. The van der Waals surface area contributed by atoms with Crippen LogP contribution < -0.4 is 10.5 Å². The van der Waals surface area contributed by atoms with Crippen LogP contribution in [-0.4, -0.2) is 36.0 Å². The molecule has 1 aliphatic carbocycles. The molecule has 128 valence electrons. The van der Waals surface area contributed by atoms with Gasteiger partial charge >= 0.3 is 0 Å². The Balaban J connectivity index is 0.00000192. The number of carbonyl (C=O) groups excluding carboxylic acids is 1. The number of fused-ring (bicyclic) bond motifs is 1. The fraction of sp³-hybridized carbons (Fsp3) is 0.562. The minimum absolute atomic E-state index is 0. The second kappa shape index (κ2) is 7.36. The van der Waals surface area contributed by atoms with Crippen molar-refractivity contribution in [2.45, 2.75) is 31.9 Å². The Hall–Kier alpha value is -0.850. The molecule has 1 heterocycles. The van der Waals surface area contributed by atoms with Crippen molar-refractivity contribution in [1.29, 1.82) is 0 Å². The van der Waals surface area contributed by atoms with Crippen molar-refractivity contribution in [3.63, 3.8) is 0 Å². The highest BCUT2D eigenvalue weighted by Crippen LogP contribution is 2.37. The summed E-state index contributed by atoms with van der Waals surface area (Å²) in [6.45, 7) is 3.23. The van der Waals surface area contributed by atoms with E-state index in [2.05, 4.69) is 15.9 Å². The van der Waals surface area contributed by atoms with Crippen LogP contribution in [0.5, 0.6) is 5.75 Å². The molecular weight excluding hydrogens is 387 g/mol. The zero-order valence-electron chi connectivity index (χ0n) is 12.9. The largest absolute Gasteiger partial charge is 0.480 e. The first kappa shape index (κ1) is 18.5. The van der Waals surface area contributed by atoms with Gasteiger partial charge in [0.15, 0.2) is 6.10 Å². The van der Waals surface area contributed by atoms with Crippen LogP contribution in [0.4, 0.5) is 4.39 Å². The van der Waals surface area contributed by atoms with Gasteiger partial charge in [0, 0.05) is 19.1 Å². The van der Waals surface area contributed by atoms with Gasteiger partial charge in [0.25, 0.3) is 5.91 Å². The highest BCUT2D eigenvalue weighted by molar-refractivity contribution is 9.10. The normalized spacial score (nSPS) is 27.3. The number of amides is 1. The Morgan fingerprint density at radius 3 is 2.83 bits per heavy atom. The molecule has 2 N–H and O–H groups in total. The average molecular weight is 408 g/mol. The molecule has 1 aliphatic heterocycles. The Kier molecular flexibility index (Phi) is 5.92. The number of hydrogen-bond acceptors (Lipinski definition) is 3.